The molecule has 0 heterocycles. The van der Waals surface area contributed by atoms with Gasteiger partial charge in [0.2, 0.25) is 18.2 Å². The molecule has 2 atom stereocenters. The lowest BCUT2D eigenvalue weighted by molar-refractivity contribution is -0.127. The van der Waals surface area contributed by atoms with E-state index in [1.165, 1.54) is 6.42 Å². The summed E-state index contributed by atoms with van der Waals surface area (Å²) >= 11 is 0. The fourth-order valence-electron chi connectivity index (χ4n) is 3.13. The number of hydrogen-bond acceptors (Lipinski definition) is 5. The maximum absolute atomic E-state index is 12.6. The van der Waals surface area contributed by atoms with Crippen molar-refractivity contribution in [3.63, 3.8) is 0 Å². The molecule has 10 nitrogen and oxygen atoms in total. The Morgan fingerprint density at radius 3 is 2.08 bits per heavy atom. The fourth-order valence-corrected chi connectivity index (χ4v) is 3.13. The third-order valence-corrected chi connectivity index (χ3v) is 4.52. The highest BCUT2D eigenvalue weighted by atomic mass is 16.2. The predicted octanol–water partition coefficient (Wildman–Crippen LogP) is 2.17. The summed E-state index contributed by atoms with van der Waals surface area (Å²) in [5.74, 6) is -0.153. The zero-order chi connectivity index (χ0) is 27.8. The normalized spacial score (nSPS) is 11.4. The van der Waals surface area contributed by atoms with Crippen LogP contribution in [0.25, 0.3) is 0 Å². The molecule has 5 amide bonds. The topological polar surface area (TPSA) is 168 Å². The fraction of sp³-hybridized carbons (Fsp3) is 0.615. The number of unbranched alkanes of at least 4 members (excludes halogenated alkanes) is 1. The molecular weight excluding hydrogens is 460 g/mol. The van der Waals surface area contributed by atoms with Crippen molar-refractivity contribution < 1.29 is 19.2 Å². The molecule has 0 saturated heterocycles. The smallest absolute Gasteiger partial charge is 0.315 e. The molecule has 0 aliphatic heterocycles. The van der Waals surface area contributed by atoms with Crippen LogP contribution in [0.2, 0.25) is 0 Å². The summed E-state index contributed by atoms with van der Waals surface area (Å²) in [6, 6.07) is 8.39. The first-order chi connectivity index (χ1) is 17.1. The van der Waals surface area contributed by atoms with Crippen LogP contribution in [0.5, 0.6) is 0 Å². The number of urea groups is 1. The van der Waals surface area contributed by atoms with Crippen molar-refractivity contribution >= 4 is 24.3 Å². The Morgan fingerprint density at radius 2 is 1.56 bits per heavy atom. The van der Waals surface area contributed by atoms with Crippen molar-refractivity contribution in [2.24, 2.45) is 17.4 Å². The summed E-state index contributed by atoms with van der Waals surface area (Å²) in [5, 5.41) is 10.9. The van der Waals surface area contributed by atoms with Crippen LogP contribution in [0.15, 0.2) is 30.3 Å². The maximum Gasteiger partial charge on any atom is 0.315 e. The number of rotatable bonds is 13. The van der Waals surface area contributed by atoms with Crippen molar-refractivity contribution in [2.45, 2.75) is 85.4 Å². The van der Waals surface area contributed by atoms with Gasteiger partial charge < -0.3 is 32.7 Å². The van der Waals surface area contributed by atoms with Gasteiger partial charge in [0.25, 0.3) is 0 Å². The quantitative estimate of drug-likeness (QED) is 0.177. The summed E-state index contributed by atoms with van der Waals surface area (Å²) in [5.41, 5.74) is 10.7. The highest BCUT2D eigenvalue weighted by molar-refractivity contribution is 5.90. The molecule has 0 bridgehead atoms. The van der Waals surface area contributed by atoms with Crippen LogP contribution in [-0.4, -0.2) is 49.4 Å². The van der Waals surface area contributed by atoms with Crippen LogP contribution in [0.4, 0.5) is 4.79 Å². The van der Waals surface area contributed by atoms with Gasteiger partial charge in [0.1, 0.15) is 6.04 Å². The number of benzene rings is 1. The zero-order valence-electron chi connectivity index (χ0n) is 22.6. The zero-order valence-corrected chi connectivity index (χ0v) is 22.6. The molecule has 0 aliphatic carbocycles. The number of carbonyl (C=O) groups excluding carboxylic acids is 4. The number of hydrogen-bond donors (Lipinski definition) is 6. The van der Waals surface area contributed by atoms with Gasteiger partial charge in [0.05, 0.1) is 6.54 Å². The van der Waals surface area contributed by atoms with E-state index in [9.17, 15) is 14.4 Å². The average Bonchev–Trinajstić information content (AvgIpc) is 2.82. The van der Waals surface area contributed by atoms with E-state index in [0.717, 1.165) is 18.4 Å². The van der Waals surface area contributed by atoms with E-state index in [2.05, 4.69) is 54.7 Å². The first-order valence-corrected chi connectivity index (χ1v) is 12.7. The first kappa shape index (κ1) is 35.0. The number of primary amides is 1. The third-order valence-electron chi connectivity index (χ3n) is 4.52. The van der Waals surface area contributed by atoms with Gasteiger partial charge in [-0.05, 0) is 50.6 Å². The first-order valence-electron chi connectivity index (χ1n) is 12.7. The second kappa shape index (κ2) is 23.6. The molecule has 0 aromatic heterocycles. The molecule has 8 N–H and O–H groups in total. The standard InChI is InChI=1S/C22H37N5O3.C3H8.CH3NO/c1-16(2)13-17(3)26-20(28)15-24-21(29)19(11-7-8-12-23)27-22(30)25-14-18-9-5-4-6-10-18;1-3-2;2-1-3/h4-6,9-10,16-17,19H,7-8,11-15,23H2,1-3H3,(H,24,29)(H,26,28)(H2,25,27,30);3H2,1-2H3;1H,(H2,2,3)/t17-,19+;;/m1../s1. The molecule has 1 aromatic carbocycles. The summed E-state index contributed by atoms with van der Waals surface area (Å²) < 4.78 is 0. The van der Waals surface area contributed by atoms with Gasteiger partial charge in [-0.15, -0.1) is 0 Å². The lowest BCUT2D eigenvalue weighted by Crippen LogP contribution is -2.51. The molecule has 1 aromatic rings. The Hall–Kier alpha value is -3.14. The van der Waals surface area contributed by atoms with E-state index in [0.29, 0.717) is 31.8 Å². The van der Waals surface area contributed by atoms with Gasteiger partial charge in [-0.25, -0.2) is 4.79 Å². The highest BCUT2D eigenvalue weighted by Gasteiger charge is 2.21. The van der Waals surface area contributed by atoms with Crippen LogP contribution in [0.3, 0.4) is 0 Å². The molecule has 10 heteroatoms. The van der Waals surface area contributed by atoms with Crippen LogP contribution in [0, 0.1) is 5.92 Å². The van der Waals surface area contributed by atoms with Gasteiger partial charge in [-0.2, -0.15) is 0 Å². The van der Waals surface area contributed by atoms with Gasteiger partial charge in [0.15, 0.2) is 0 Å². The second-order valence-corrected chi connectivity index (χ2v) is 8.81. The van der Waals surface area contributed by atoms with Crippen LogP contribution in [-0.2, 0) is 20.9 Å². The Balaban J connectivity index is 0. The van der Waals surface area contributed by atoms with Crippen molar-refractivity contribution in [1.29, 1.82) is 0 Å². The SMILES string of the molecule is CC(C)C[C@@H](C)NC(=O)CNC(=O)[C@H](CCCCN)NC(=O)NCc1ccccc1.CCC.NC=O. The predicted molar refractivity (Wildman–Crippen MR) is 145 cm³/mol. The maximum atomic E-state index is 12.6. The van der Waals surface area contributed by atoms with Crippen molar-refractivity contribution in [3.05, 3.63) is 35.9 Å². The number of nitrogens with two attached hydrogens (primary N) is 2. The van der Waals surface area contributed by atoms with E-state index in [-0.39, 0.29) is 30.8 Å². The van der Waals surface area contributed by atoms with Crippen molar-refractivity contribution in [2.75, 3.05) is 13.1 Å². The van der Waals surface area contributed by atoms with Crippen LogP contribution < -0.4 is 32.7 Å². The van der Waals surface area contributed by atoms with Gasteiger partial charge in [-0.3, -0.25) is 14.4 Å². The van der Waals surface area contributed by atoms with E-state index in [1.807, 2.05) is 37.3 Å². The molecule has 0 radical (unpaired) electrons. The molecule has 0 fully saturated rings. The Bertz CT molecular complexity index is 716. The summed E-state index contributed by atoms with van der Waals surface area (Å²) in [6.07, 6.45) is 4.27. The Morgan fingerprint density at radius 1 is 0.972 bits per heavy atom. The third kappa shape index (κ3) is 21.4. The Kier molecular flexibility index (Phi) is 23.0. The largest absolute Gasteiger partial charge is 0.372 e. The molecule has 0 unspecified atom stereocenters. The molecular formula is C26H48N6O4. The monoisotopic (exact) mass is 508 g/mol. The minimum absolute atomic E-state index is 0.0386. The summed E-state index contributed by atoms with van der Waals surface area (Å²) in [4.78, 5) is 45.4. The lowest BCUT2D eigenvalue weighted by atomic mass is 10.1. The van der Waals surface area contributed by atoms with Crippen molar-refractivity contribution in [3.8, 4) is 0 Å². The summed E-state index contributed by atoms with van der Waals surface area (Å²) in [6.45, 7) is 11.1. The number of amides is 5. The minimum atomic E-state index is -0.729. The molecule has 0 saturated carbocycles. The van der Waals surface area contributed by atoms with E-state index < -0.39 is 12.1 Å². The Labute approximate surface area is 216 Å². The number of carbonyl (C=O) groups is 4. The van der Waals surface area contributed by atoms with E-state index in [1.54, 1.807) is 0 Å². The van der Waals surface area contributed by atoms with Gasteiger partial charge >= 0.3 is 6.03 Å². The van der Waals surface area contributed by atoms with Crippen LogP contribution in [0.1, 0.15) is 72.3 Å². The van der Waals surface area contributed by atoms with Gasteiger partial charge in [-0.1, -0.05) is 64.4 Å². The van der Waals surface area contributed by atoms with Gasteiger partial charge in [0, 0.05) is 12.6 Å². The minimum Gasteiger partial charge on any atom is -0.372 e. The van der Waals surface area contributed by atoms with E-state index >= 15 is 0 Å². The lowest BCUT2D eigenvalue weighted by Gasteiger charge is -2.20. The highest BCUT2D eigenvalue weighted by Crippen LogP contribution is 2.04. The molecule has 1 rings (SSSR count). The molecule has 0 aliphatic rings. The molecule has 206 valence electrons. The molecule has 0 spiro atoms. The summed E-state index contributed by atoms with van der Waals surface area (Å²) in [7, 11) is 0. The van der Waals surface area contributed by atoms with Crippen molar-refractivity contribution in [1.82, 2.24) is 21.3 Å². The molecule has 36 heavy (non-hydrogen) atoms. The number of nitrogens with one attached hydrogen (secondary N) is 4. The average molecular weight is 509 g/mol. The second-order valence-electron chi connectivity index (χ2n) is 8.81. The van der Waals surface area contributed by atoms with Crippen LogP contribution >= 0.6 is 0 Å². The van der Waals surface area contributed by atoms with E-state index in [4.69, 9.17) is 10.5 Å².